The molecule has 0 spiro atoms. The molecule has 0 unspecified atom stereocenters. The van der Waals surface area contributed by atoms with Crippen LogP contribution in [0, 0.1) is 6.92 Å². The van der Waals surface area contributed by atoms with Crippen LogP contribution in [0.4, 0.5) is 5.69 Å². The second kappa shape index (κ2) is 4.45. The minimum Gasteiger partial charge on any atom is -0.376 e. The van der Waals surface area contributed by atoms with Crippen molar-refractivity contribution in [2.45, 2.75) is 19.9 Å². The first-order valence-corrected chi connectivity index (χ1v) is 5.86. The van der Waals surface area contributed by atoms with Crippen molar-refractivity contribution in [3.63, 3.8) is 0 Å². The highest BCUT2D eigenvalue weighted by Crippen LogP contribution is 2.23. The lowest BCUT2D eigenvalue weighted by Crippen LogP contribution is -2.06. The summed E-state index contributed by atoms with van der Waals surface area (Å²) in [4.78, 5) is 5.47. The molecule has 15 heavy (non-hydrogen) atoms. The molecule has 0 aliphatic carbocycles. The third-order valence-electron chi connectivity index (χ3n) is 2.38. The Hall–Kier alpha value is -1.35. The van der Waals surface area contributed by atoms with Gasteiger partial charge in [0.2, 0.25) is 0 Å². The lowest BCUT2D eigenvalue weighted by Gasteiger charge is -2.14. The van der Waals surface area contributed by atoms with Crippen LogP contribution in [0.25, 0.3) is 0 Å². The van der Waals surface area contributed by atoms with Gasteiger partial charge in [-0.1, -0.05) is 6.07 Å². The fraction of sp³-hybridized carbons (Fsp3) is 0.250. The summed E-state index contributed by atoms with van der Waals surface area (Å²) in [5.41, 5.74) is 2.34. The minimum absolute atomic E-state index is 0.341. The average Bonchev–Trinajstić information content (AvgIpc) is 2.74. The lowest BCUT2D eigenvalue weighted by atomic mass is 10.2. The van der Waals surface area contributed by atoms with E-state index in [4.69, 9.17) is 0 Å². The maximum Gasteiger partial charge on any atom is 0.0579 e. The van der Waals surface area contributed by atoms with Crippen LogP contribution in [0.1, 0.15) is 23.4 Å². The fourth-order valence-electron chi connectivity index (χ4n) is 1.46. The summed E-state index contributed by atoms with van der Waals surface area (Å²) in [5.74, 6) is 0. The van der Waals surface area contributed by atoms with E-state index < -0.39 is 0 Å². The van der Waals surface area contributed by atoms with Gasteiger partial charge in [0.25, 0.3) is 0 Å². The van der Waals surface area contributed by atoms with Gasteiger partial charge in [-0.25, -0.2) is 0 Å². The predicted molar refractivity (Wildman–Crippen MR) is 65.3 cm³/mol. The van der Waals surface area contributed by atoms with Crippen molar-refractivity contribution in [3.8, 4) is 0 Å². The molecule has 2 aromatic heterocycles. The van der Waals surface area contributed by atoms with Crippen LogP contribution in [-0.4, -0.2) is 4.98 Å². The third-order valence-corrected chi connectivity index (χ3v) is 3.44. The molecule has 0 saturated carbocycles. The van der Waals surface area contributed by atoms with E-state index in [2.05, 4.69) is 41.7 Å². The molecule has 0 radical (unpaired) electrons. The molecule has 1 N–H and O–H groups in total. The predicted octanol–water partition coefficient (Wildman–Crippen LogP) is 3.62. The Bertz CT molecular complexity index is 423. The Morgan fingerprint density at radius 1 is 1.40 bits per heavy atom. The van der Waals surface area contributed by atoms with Crippen molar-refractivity contribution in [2.24, 2.45) is 0 Å². The number of nitrogens with one attached hydrogen (secondary N) is 1. The Balaban J connectivity index is 2.13. The van der Waals surface area contributed by atoms with Crippen LogP contribution >= 0.6 is 11.3 Å². The first-order valence-electron chi connectivity index (χ1n) is 4.98. The Morgan fingerprint density at radius 3 is 2.93 bits per heavy atom. The molecule has 0 fully saturated rings. The molecule has 0 amide bonds. The summed E-state index contributed by atoms with van der Waals surface area (Å²) in [5, 5.41) is 5.56. The van der Waals surface area contributed by atoms with Gasteiger partial charge in [0, 0.05) is 11.1 Å². The number of pyridine rings is 1. The first-order chi connectivity index (χ1) is 7.27. The van der Waals surface area contributed by atoms with Gasteiger partial charge in [0.05, 0.1) is 17.9 Å². The smallest absolute Gasteiger partial charge is 0.0579 e. The van der Waals surface area contributed by atoms with Gasteiger partial charge in [-0.05, 0) is 36.9 Å². The summed E-state index contributed by atoms with van der Waals surface area (Å²) >= 11 is 1.77. The topological polar surface area (TPSA) is 24.9 Å². The Labute approximate surface area is 94.0 Å². The maximum atomic E-state index is 4.12. The number of aromatic nitrogens is 1. The number of anilines is 1. The molecular formula is C12H14N2S. The molecule has 2 heterocycles. The zero-order valence-corrected chi connectivity index (χ0v) is 9.71. The van der Waals surface area contributed by atoms with Gasteiger partial charge in [0.1, 0.15) is 0 Å². The molecule has 0 aromatic carbocycles. The second-order valence-electron chi connectivity index (χ2n) is 3.57. The van der Waals surface area contributed by atoms with Crippen LogP contribution in [0.15, 0.2) is 36.0 Å². The van der Waals surface area contributed by atoms with Crippen molar-refractivity contribution in [1.82, 2.24) is 4.98 Å². The molecule has 78 valence electrons. The molecular weight excluding hydrogens is 204 g/mol. The summed E-state index contributed by atoms with van der Waals surface area (Å²) < 4.78 is 0. The molecule has 2 rings (SSSR count). The fourth-order valence-corrected chi connectivity index (χ4v) is 2.19. The van der Waals surface area contributed by atoms with Crippen molar-refractivity contribution < 1.29 is 0 Å². The number of hydrogen-bond acceptors (Lipinski definition) is 3. The summed E-state index contributed by atoms with van der Waals surface area (Å²) in [6.45, 7) is 4.25. The van der Waals surface area contributed by atoms with E-state index in [1.165, 1.54) is 10.4 Å². The van der Waals surface area contributed by atoms with Gasteiger partial charge in [-0.3, -0.25) is 4.98 Å². The van der Waals surface area contributed by atoms with Crippen LogP contribution in [0.2, 0.25) is 0 Å². The number of thiophene rings is 1. The summed E-state index contributed by atoms with van der Waals surface area (Å²) in [7, 11) is 0. The van der Waals surface area contributed by atoms with Crippen LogP contribution in [0.5, 0.6) is 0 Å². The highest BCUT2D eigenvalue weighted by atomic mass is 32.1. The van der Waals surface area contributed by atoms with E-state index in [0.717, 1.165) is 5.69 Å². The van der Waals surface area contributed by atoms with Crippen LogP contribution < -0.4 is 5.32 Å². The van der Waals surface area contributed by atoms with E-state index in [9.17, 15) is 0 Å². The van der Waals surface area contributed by atoms with Gasteiger partial charge in [-0.15, -0.1) is 11.3 Å². The van der Waals surface area contributed by atoms with E-state index in [-0.39, 0.29) is 0 Å². The molecule has 2 nitrogen and oxygen atoms in total. The lowest BCUT2D eigenvalue weighted by molar-refractivity contribution is 0.903. The highest BCUT2D eigenvalue weighted by Gasteiger charge is 2.06. The van der Waals surface area contributed by atoms with E-state index in [1.54, 1.807) is 11.3 Å². The third kappa shape index (κ3) is 2.36. The molecule has 0 aliphatic rings. The normalized spacial score (nSPS) is 12.4. The van der Waals surface area contributed by atoms with Crippen LogP contribution in [-0.2, 0) is 0 Å². The quantitative estimate of drug-likeness (QED) is 0.851. The summed E-state index contributed by atoms with van der Waals surface area (Å²) in [6, 6.07) is 6.58. The van der Waals surface area contributed by atoms with Crippen LogP contribution in [0.3, 0.4) is 0 Å². The zero-order valence-electron chi connectivity index (χ0n) is 8.90. The van der Waals surface area contributed by atoms with Crippen molar-refractivity contribution in [1.29, 1.82) is 0 Å². The molecule has 3 heteroatoms. The van der Waals surface area contributed by atoms with Crippen molar-refractivity contribution in [3.05, 3.63) is 46.4 Å². The minimum atomic E-state index is 0.341. The molecule has 0 bridgehead atoms. The first kappa shape index (κ1) is 10.2. The van der Waals surface area contributed by atoms with Crippen molar-refractivity contribution >= 4 is 17.0 Å². The number of nitrogens with zero attached hydrogens (tertiary/aromatic N) is 1. The number of hydrogen-bond donors (Lipinski definition) is 1. The largest absolute Gasteiger partial charge is 0.376 e. The summed E-state index contributed by atoms with van der Waals surface area (Å²) in [6.07, 6.45) is 3.69. The molecule has 0 saturated heterocycles. The van der Waals surface area contributed by atoms with Crippen molar-refractivity contribution in [2.75, 3.05) is 5.32 Å². The maximum absolute atomic E-state index is 4.12. The zero-order chi connectivity index (χ0) is 10.7. The SMILES string of the molecule is Cc1ccncc1N[C@@H](C)c1cccs1. The Morgan fingerprint density at radius 2 is 2.27 bits per heavy atom. The average molecular weight is 218 g/mol. The van der Waals surface area contributed by atoms with Gasteiger partial charge in [-0.2, -0.15) is 0 Å². The highest BCUT2D eigenvalue weighted by molar-refractivity contribution is 7.10. The van der Waals surface area contributed by atoms with Gasteiger partial charge in [0.15, 0.2) is 0 Å². The standard InChI is InChI=1S/C12H14N2S/c1-9-5-6-13-8-11(9)14-10(2)12-4-3-7-15-12/h3-8,10,14H,1-2H3/t10-/m0/s1. The second-order valence-corrected chi connectivity index (χ2v) is 4.55. The van der Waals surface area contributed by atoms with E-state index >= 15 is 0 Å². The van der Waals surface area contributed by atoms with Gasteiger partial charge < -0.3 is 5.32 Å². The number of aryl methyl sites for hydroxylation is 1. The van der Waals surface area contributed by atoms with E-state index in [0.29, 0.717) is 6.04 Å². The Kier molecular flexibility index (Phi) is 3.02. The molecule has 0 aliphatic heterocycles. The number of rotatable bonds is 3. The van der Waals surface area contributed by atoms with E-state index in [1.807, 2.05) is 18.5 Å². The monoisotopic (exact) mass is 218 g/mol. The molecule has 2 aromatic rings. The molecule has 1 atom stereocenters. The van der Waals surface area contributed by atoms with Gasteiger partial charge >= 0.3 is 0 Å².